The van der Waals surface area contributed by atoms with E-state index in [1.807, 2.05) is 0 Å². The Morgan fingerprint density at radius 1 is 1.11 bits per heavy atom. The summed E-state index contributed by atoms with van der Waals surface area (Å²) in [6, 6.07) is 0.749. The predicted octanol–water partition coefficient (Wildman–Crippen LogP) is 2.04. The van der Waals surface area contributed by atoms with E-state index in [1.165, 1.54) is 58.5 Å². The molecule has 3 heteroatoms. The van der Waals surface area contributed by atoms with Gasteiger partial charge in [0.1, 0.15) is 0 Å². The van der Waals surface area contributed by atoms with E-state index in [-0.39, 0.29) is 0 Å². The van der Waals surface area contributed by atoms with Gasteiger partial charge in [0.2, 0.25) is 0 Å². The summed E-state index contributed by atoms with van der Waals surface area (Å²) in [5.74, 6) is 0.942. The van der Waals surface area contributed by atoms with Crippen molar-refractivity contribution in [3.05, 3.63) is 0 Å². The van der Waals surface area contributed by atoms with E-state index >= 15 is 0 Å². The average Bonchev–Trinajstić information content (AvgIpc) is 2.35. The molecule has 2 rings (SSSR count). The van der Waals surface area contributed by atoms with Gasteiger partial charge in [0.25, 0.3) is 0 Å². The molecule has 0 aromatic rings. The standard InChI is InChI=1S/C12H25N3.C3H8/c1-11-9-14(2)7-8-15(11)10-12-3-5-13-6-4-12;1-3-2/h11-13H,3-10H2,1-2H3;3H2,1-2H3. The van der Waals surface area contributed by atoms with Gasteiger partial charge in [0.15, 0.2) is 0 Å². The van der Waals surface area contributed by atoms with Gasteiger partial charge < -0.3 is 10.2 Å². The molecule has 2 aliphatic heterocycles. The van der Waals surface area contributed by atoms with E-state index < -0.39 is 0 Å². The second kappa shape index (κ2) is 8.89. The minimum atomic E-state index is 0.749. The average molecular weight is 255 g/mol. The summed E-state index contributed by atoms with van der Waals surface area (Å²) in [5, 5.41) is 3.44. The Hall–Kier alpha value is -0.120. The third-order valence-corrected chi connectivity index (χ3v) is 3.92. The van der Waals surface area contributed by atoms with Gasteiger partial charge in [-0.25, -0.2) is 0 Å². The first-order valence-corrected chi connectivity index (χ1v) is 7.80. The molecule has 0 spiro atoms. The SMILES string of the molecule is CC1CN(C)CCN1CC1CCNCC1.CCC. The maximum Gasteiger partial charge on any atom is 0.0195 e. The van der Waals surface area contributed by atoms with Crippen molar-refractivity contribution in [2.45, 2.75) is 46.1 Å². The van der Waals surface area contributed by atoms with Crippen LogP contribution < -0.4 is 5.32 Å². The van der Waals surface area contributed by atoms with Crippen LogP contribution in [0.4, 0.5) is 0 Å². The summed E-state index contributed by atoms with van der Waals surface area (Å²) >= 11 is 0. The summed E-state index contributed by atoms with van der Waals surface area (Å²) < 4.78 is 0. The molecule has 1 atom stereocenters. The monoisotopic (exact) mass is 255 g/mol. The zero-order valence-electron chi connectivity index (χ0n) is 12.9. The van der Waals surface area contributed by atoms with Crippen LogP contribution in [0.15, 0.2) is 0 Å². The fourth-order valence-corrected chi connectivity index (χ4v) is 2.84. The molecule has 0 bridgehead atoms. The summed E-state index contributed by atoms with van der Waals surface area (Å²) in [5.41, 5.74) is 0. The Labute approximate surface area is 114 Å². The van der Waals surface area contributed by atoms with Gasteiger partial charge in [0, 0.05) is 32.2 Å². The normalized spacial score (nSPS) is 27.7. The largest absolute Gasteiger partial charge is 0.317 e. The van der Waals surface area contributed by atoms with Crippen molar-refractivity contribution in [3.63, 3.8) is 0 Å². The Morgan fingerprint density at radius 2 is 1.72 bits per heavy atom. The summed E-state index contributed by atoms with van der Waals surface area (Å²) in [7, 11) is 2.23. The number of hydrogen-bond donors (Lipinski definition) is 1. The number of rotatable bonds is 2. The molecule has 0 saturated carbocycles. The Morgan fingerprint density at radius 3 is 2.28 bits per heavy atom. The van der Waals surface area contributed by atoms with Gasteiger partial charge in [-0.2, -0.15) is 0 Å². The fraction of sp³-hybridized carbons (Fsp3) is 1.00. The molecule has 2 heterocycles. The van der Waals surface area contributed by atoms with E-state index in [1.54, 1.807) is 0 Å². The van der Waals surface area contributed by atoms with E-state index in [9.17, 15) is 0 Å². The molecule has 0 amide bonds. The molecule has 108 valence electrons. The highest BCUT2D eigenvalue weighted by atomic mass is 15.3. The lowest BCUT2D eigenvalue weighted by atomic mass is 9.96. The number of nitrogens with zero attached hydrogens (tertiary/aromatic N) is 2. The van der Waals surface area contributed by atoms with Crippen molar-refractivity contribution in [2.24, 2.45) is 5.92 Å². The highest BCUT2D eigenvalue weighted by Crippen LogP contribution is 2.17. The van der Waals surface area contributed by atoms with Crippen LogP contribution in [0.2, 0.25) is 0 Å². The molecule has 1 N–H and O–H groups in total. The third kappa shape index (κ3) is 5.68. The lowest BCUT2D eigenvalue weighted by Gasteiger charge is -2.40. The molecule has 2 aliphatic rings. The molecule has 0 aromatic carbocycles. The molecule has 1 unspecified atom stereocenters. The molecule has 2 saturated heterocycles. The van der Waals surface area contributed by atoms with Crippen LogP contribution in [0.25, 0.3) is 0 Å². The van der Waals surface area contributed by atoms with Crippen molar-refractivity contribution in [2.75, 3.05) is 46.3 Å². The number of piperazine rings is 1. The van der Waals surface area contributed by atoms with Gasteiger partial charge in [-0.05, 0) is 45.8 Å². The topological polar surface area (TPSA) is 18.5 Å². The first-order chi connectivity index (χ1) is 8.67. The van der Waals surface area contributed by atoms with Gasteiger partial charge in [-0.1, -0.05) is 20.3 Å². The second-order valence-electron chi connectivity index (χ2n) is 6.01. The van der Waals surface area contributed by atoms with Crippen molar-refractivity contribution >= 4 is 0 Å². The second-order valence-corrected chi connectivity index (χ2v) is 6.01. The molecular weight excluding hydrogens is 222 g/mol. The van der Waals surface area contributed by atoms with Crippen molar-refractivity contribution in [1.29, 1.82) is 0 Å². The van der Waals surface area contributed by atoms with Crippen LogP contribution in [-0.2, 0) is 0 Å². The van der Waals surface area contributed by atoms with Crippen molar-refractivity contribution in [1.82, 2.24) is 15.1 Å². The Balaban J connectivity index is 0.000000492. The molecule has 2 fully saturated rings. The maximum absolute atomic E-state index is 3.44. The first kappa shape index (κ1) is 15.9. The van der Waals surface area contributed by atoms with Gasteiger partial charge in [0.05, 0.1) is 0 Å². The summed E-state index contributed by atoms with van der Waals surface area (Å²) in [4.78, 5) is 5.14. The number of hydrogen-bond acceptors (Lipinski definition) is 3. The minimum absolute atomic E-state index is 0.749. The molecule has 0 aliphatic carbocycles. The quantitative estimate of drug-likeness (QED) is 0.814. The van der Waals surface area contributed by atoms with Crippen molar-refractivity contribution < 1.29 is 0 Å². The summed E-state index contributed by atoms with van der Waals surface area (Å²) in [6.45, 7) is 14.2. The van der Waals surface area contributed by atoms with Crippen LogP contribution in [-0.4, -0.2) is 62.2 Å². The number of likely N-dealkylation sites (N-methyl/N-ethyl adjacent to an activating group) is 1. The third-order valence-electron chi connectivity index (χ3n) is 3.92. The van der Waals surface area contributed by atoms with Crippen LogP contribution in [0.3, 0.4) is 0 Å². The zero-order chi connectivity index (χ0) is 13.4. The first-order valence-electron chi connectivity index (χ1n) is 7.80. The van der Waals surface area contributed by atoms with Crippen LogP contribution >= 0.6 is 0 Å². The molecular formula is C15H33N3. The minimum Gasteiger partial charge on any atom is -0.317 e. The molecule has 18 heavy (non-hydrogen) atoms. The van der Waals surface area contributed by atoms with Crippen molar-refractivity contribution in [3.8, 4) is 0 Å². The zero-order valence-corrected chi connectivity index (χ0v) is 12.9. The molecule has 0 radical (unpaired) electrons. The smallest absolute Gasteiger partial charge is 0.0195 e. The predicted molar refractivity (Wildman–Crippen MR) is 80.1 cm³/mol. The highest BCUT2D eigenvalue weighted by Gasteiger charge is 2.24. The lowest BCUT2D eigenvalue weighted by Crippen LogP contribution is -2.52. The fourth-order valence-electron chi connectivity index (χ4n) is 2.84. The Kier molecular flexibility index (Phi) is 7.87. The van der Waals surface area contributed by atoms with Gasteiger partial charge in [-0.3, -0.25) is 4.90 Å². The maximum atomic E-state index is 3.44. The van der Waals surface area contributed by atoms with E-state index in [4.69, 9.17) is 0 Å². The molecule has 0 aromatic heterocycles. The van der Waals surface area contributed by atoms with E-state index in [2.05, 4.69) is 42.9 Å². The number of piperidine rings is 1. The van der Waals surface area contributed by atoms with Crippen LogP contribution in [0.1, 0.15) is 40.0 Å². The Bertz CT molecular complexity index is 202. The van der Waals surface area contributed by atoms with E-state index in [0.717, 1.165) is 12.0 Å². The number of nitrogens with one attached hydrogen (secondary N) is 1. The van der Waals surface area contributed by atoms with Crippen LogP contribution in [0.5, 0.6) is 0 Å². The summed E-state index contributed by atoms with van der Waals surface area (Å²) in [6.07, 6.45) is 4.00. The lowest BCUT2D eigenvalue weighted by molar-refractivity contribution is 0.0792. The van der Waals surface area contributed by atoms with Gasteiger partial charge in [-0.15, -0.1) is 0 Å². The highest BCUT2D eigenvalue weighted by molar-refractivity contribution is 4.80. The van der Waals surface area contributed by atoms with Crippen LogP contribution in [0, 0.1) is 5.92 Å². The van der Waals surface area contributed by atoms with E-state index in [0.29, 0.717) is 0 Å². The van der Waals surface area contributed by atoms with Gasteiger partial charge >= 0.3 is 0 Å². The molecule has 3 nitrogen and oxygen atoms in total.